The SMILES string of the molecule is CC(C)Oc1ccc(Nc2ccc(C(=O)NC3CC3)nc2)cc1. The second-order valence-corrected chi connectivity index (χ2v) is 6.00. The Hall–Kier alpha value is -2.56. The molecular formula is C18H21N3O2. The van der Waals surface area contributed by atoms with E-state index in [0.29, 0.717) is 11.7 Å². The van der Waals surface area contributed by atoms with Gasteiger partial charge in [-0.15, -0.1) is 0 Å². The lowest BCUT2D eigenvalue weighted by molar-refractivity contribution is 0.0946. The second kappa shape index (κ2) is 6.69. The second-order valence-electron chi connectivity index (χ2n) is 6.00. The highest BCUT2D eigenvalue weighted by Gasteiger charge is 2.24. The summed E-state index contributed by atoms with van der Waals surface area (Å²) in [5.74, 6) is 0.741. The predicted molar refractivity (Wildman–Crippen MR) is 90.2 cm³/mol. The van der Waals surface area contributed by atoms with Gasteiger partial charge in [0, 0.05) is 11.7 Å². The first-order chi connectivity index (χ1) is 11.1. The van der Waals surface area contributed by atoms with Gasteiger partial charge in [0.15, 0.2) is 0 Å². The number of benzene rings is 1. The first kappa shape index (κ1) is 15.3. The van der Waals surface area contributed by atoms with Crippen LogP contribution in [0.4, 0.5) is 11.4 Å². The van der Waals surface area contributed by atoms with Crippen LogP contribution < -0.4 is 15.4 Å². The molecule has 1 heterocycles. The van der Waals surface area contributed by atoms with Gasteiger partial charge in [0.25, 0.3) is 5.91 Å². The third-order valence-corrected chi connectivity index (χ3v) is 3.42. The van der Waals surface area contributed by atoms with Crippen LogP contribution in [0.25, 0.3) is 0 Å². The molecule has 2 aromatic rings. The molecule has 1 aromatic carbocycles. The maximum atomic E-state index is 11.9. The van der Waals surface area contributed by atoms with E-state index in [2.05, 4.69) is 15.6 Å². The Morgan fingerprint density at radius 1 is 1.13 bits per heavy atom. The Labute approximate surface area is 136 Å². The molecule has 0 saturated heterocycles. The molecule has 0 radical (unpaired) electrons. The van der Waals surface area contributed by atoms with Crippen molar-refractivity contribution in [2.24, 2.45) is 0 Å². The number of nitrogens with zero attached hydrogens (tertiary/aromatic N) is 1. The van der Waals surface area contributed by atoms with E-state index in [4.69, 9.17) is 4.74 Å². The number of nitrogens with one attached hydrogen (secondary N) is 2. The van der Waals surface area contributed by atoms with Crippen LogP contribution in [0.15, 0.2) is 42.6 Å². The number of carbonyl (C=O) groups excluding carboxylic acids is 1. The topological polar surface area (TPSA) is 63.2 Å². The summed E-state index contributed by atoms with van der Waals surface area (Å²) in [4.78, 5) is 16.1. The number of aromatic nitrogens is 1. The zero-order chi connectivity index (χ0) is 16.2. The van der Waals surface area contributed by atoms with Crippen LogP contribution in [0.5, 0.6) is 5.75 Å². The highest BCUT2D eigenvalue weighted by Crippen LogP contribution is 2.21. The quantitative estimate of drug-likeness (QED) is 0.857. The molecule has 120 valence electrons. The fourth-order valence-electron chi connectivity index (χ4n) is 2.14. The molecule has 5 nitrogen and oxygen atoms in total. The molecule has 3 rings (SSSR count). The zero-order valence-corrected chi connectivity index (χ0v) is 13.4. The summed E-state index contributed by atoms with van der Waals surface area (Å²) in [6.07, 6.45) is 3.97. The molecule has 1 fully saturated rings. The van der Waals surface area contributed by atoms with Crippen molar-refractivity contribution in [1.82, 2.24) is 10.3 Å². The summed E-state index contributed by atoms with van der Waals surface area (Å²) >= 11 is 0. The van der Waals surface area contributed by atoms with E-state index in [1.807, 2.05) is 44.2 Å². The number of rotatable bonds is 6. The number of anilines is 2. The standard InChI is InChI=1S/C18H21N3O2/c1-12(2)23-16-8-5-13(6-9-16)20-15-7-10-17(19-11-15)18(22)21-14-3-4-14/h5-12,14,20H,3-4H2,1-2H3,(H,21,22). The molecule has 2 N–H and O–H groups in total. The summed E-state index contributed by atoms with van der Waals surface area (Å²) < 4.78 is 5.61. The van der Waals surface area contributed by atoms with Gasteiger partial charge in [-0.25, -0.2) is 4.98 Å². The molecule has 1 aromatic heterocycles. The normalized spacial score (nSPS) is 13.7. The van der Waals surface area contributed by atoms with Crippen molar-refractivity contribution in [2.75, 3.05) is 5.32 Å². The van der Waals surface area contributed by atoms with Crippen molar-refractivity contribution in [3.8, 4) is 5.75 Å². The van der Waals surface area contributed by atoms with Gasteiger partial charge in [-0.2, -0.15) is 0 Å². The van der Waals surface area contributed by atoms with Gasteiger partial charge in [-0.05, 0) is 63.1 Å². The van der Waals surface area contributed by atoms with E-state index in [1.165, 1.54) is 0 Å². The van der Waals surface area contributed by atoms with Crippen molar-refractivity contribution >= 4 is 17.3 Å². The van der Waals surface area contributed by atoms with Gasteiger partial charge in [0.2, 0.25) is 0 Å². The molecule has 0 atom stereocenters. The smallest absolute Gasteiger partial charge is 0.270 e. The summed E-state index contributed by atoms with van der Waals surface area (Å²) in [5, 5.41) is 6.18. The van der Waals surface area contributed by atoms with E-state index in [9.17, 15) is 4.79 Å². The average Bonchev–Trinajstić information content (AvgIpc) is 3.33. The maximum Gasteiger partial charge on any atom is 0.270 e. The fraction of sp³-hybridized carbons (Fsp3) is 0.333. The van der Waals surface area contributed by atoms with Gasteiger partial charge >= 0.3 is 0 Å². The number of amides is 1. The third-order valence-electron chi connectivity index (χ3n) is 3.42. The van der Waals surface area contributed by atoms with Gasteiger partial charge in [-0.3, -0.25) is 4.79 Å². The van der Waals surface area contributed by atoms with Crippen molar-refractivity contribution in [1.29, 1.82) is 0 Å². The van der Waals surface area contributed by atoms with Gasteiger partial charge in [0.1, 0.15) is 11.4 Å². The van der Waals surface area contributed by atoms with Crippen LogP contribution in [-0.2, 0) is 0 Å². The number of ether oxygens (including phenoxy) is 1. The van der Waals surface area contributed by atoms with Crippen molar-refractivity contribution in [2.45, 2.75) is 38.8 Å². The third kappa shape index (κ3) is 4.45. The Morgan fingerprint density at radius 2 is 1.83 bits per heavy atom. The summed E-state index contributed by atoms with van der Waals surface area (Å²) in [6.45, 7) is 4.00. The predicted octanol–water partition coefficient (Wildman–Crippen LogP) is 3.50. The Bertz CT molecular complexity index is 662. The van der Waals surface area contributed by atoms with Crippen LogP contribution in [0.1, 0.15) is 37.2 Å². The highest BCUT2D eigenvalue weighted by molar-refractivity contribution is 5.92. The first-order valence-corrected chi connectivity index (χ1v) is 7.91. The molecule has 1 aliphatic rings. The average molecular weight is 311 g/mol. The molecule has 1 aliphatic carbocycles. The molecule has 23 heavy (non-hydrogen) atoms. The van der Waals surface area contributed by atoms with Gasteiger partial charge in [-0.1, -0.05) is 0 Å². The summed E-state index contributed by atoms with van der Waals surface area (Å²) in [7, 11) is 0. The molecular weight excluding hydrogens is 290 g/mol. The number of hydrogen-bond donors (Lipinski definition) is 2. The zero-order valence-electron chi connectivity index (χ0n) is 13.4. The molecule has 1 saturated carbocycles. The lowest BCUT2D eigenvalue weighted by Crippen LogP contribution is -2.26. The monoisotopic (exact) mass is 311 g/mol. The van der Waals surface area contributed by atoms with Crippen molar-refractivity contribution < 1.29 is 9.53 Å². The van der Waals surface area contributed by atoms with Crippen LogP contribution >= 0.6 is 0 Å². The lowest BCUT2D eigenvalue weighted by Gasteiger charge is -2.11. The molecule has 5 heteroatoms. The summed E-state index contributed by atoms with van der Waals surface area (Å²) in [6, 6.07) is 11.7. The number of pyridine rings is 1. The molecule has 0 unspecified atom stereocenters. The molecule has 0 spiro atoms. The number of carbonyl (C=O) groups is 1. The summed E-state index contributed by atoms with van der Waals surface area (Å²) in [5.41, 5.74) is 2.23. The van der Waals surface area contributed by atoms with Gasteiger partial charge < -0.3 is 15.4 Å². The molecule has 0 aliphatic heterocycles. The van der Waals surface area contributed by atoms with Crippen LogP contribution in [-0.4, -0.2) is 23.0 Å². The van der Waals surface area contributed by atoms with Crippen molar-refractivity contribution in [3.05, 3.63) is 48.3 Å². The maximum absolute atomic E-state index is 11.9. The largest absolute Gasteiger partial charge is 0.491 e. The van der Waals surface area contributed by atoms with Crippen LogP contribution in [0.2, 0.25) is 0 Å². The van der Waals surface area contributed by atoms with Crippen LogP contribution in [0.3, 0.4) is 0 Å². The Morgan fingerprint density at radius 3 is 2.39 bits per heavy atom. The Balaban J connectivity index is 1.60. The molecule has 1 amide bonds. The van der Waals surface area contributed by atoms with E-state index in [0.717, 1.165) is 30.0 Å². The van der Waals surface area contributed by atoms with E-state index in [-0.39, 0.29) is 12.0 Å². The lowest BCUT2D eigenvalue weighted by atomic mass is 10.2. The van der Waals surface area contributed by atoms with Crippen LogP contribution in [0, 0.1) is 0 Å². The minimum Gasteiger partial charge on any atom is -0.491 e. The minimum atomic E-state index is -0.103. The van der Waals surface area contributed by atoms with E-state index >= 15 is 0 Å². The van der Waals surface area contributed by atoms with Gasteiger partial charge in [0.05, 0.1) is 18.0 Å². The fourth-order valence-corrected chi connectivity index (χ4v) is 2.14. The highest BCUT2D eigenvalue weighted by atomic mass is 16.5. The number of hydrogen-bond acceptors (Lipinski definition) is 4. The van der Waals surface area contributed by atoms with E-state index < -0.39 is 0 Å². The first-order valence-electron chi connectivity index (χ1n) is 7.91. The minimum absolute atomic E-state index is 0.103. The molecule has 0 bridgehead atoms. The van der Waals surface area contributed by atoms with Crippen molar-refractivity contribution in [3.63, 3.8) is 0 Å². The Kier molecular flexibility index (Phi) is 4.46. The van der Waals surface area contributed by atoms with E-state index in [1.54, 1.807) is 12.3 Å².